The van der Waals surface area contributed by atoms with E-state index in [1.54, 1.807) is 0 Å². The van der Waals surface area contributed by atoms with E-state index in [1.165, 1.54) is 0 Å². The minimum Gasteiger partial charge on any atom is -0.457 e. The standard InChI is InChI=1S/C20H13ClO2/c21-16-7-5-13(6-8-16)19-10-9-17(23-19)12-15-11-14-3-1-2-4-18(14)20(15)22/h1-10,12H,11H2. The Labute approximate surface area is 139 Å². The van der Waals surface area contributed by atoms with Crippen LogP contribution < -0.4 is 0 Å². The fourth-order valence-electron chi connectivity index (χ4n) is 2.84. The molecule has 1 aromatic heterocycles. The van der Waals surface area contributed by atoms with Crippen LogP contribution in [-0.2, 0) is 6.42 Å². The molecular formula is C20H13ClO2. The Morgan fingerprint density at radius 2 is 1.74 bits per heavy atom. The molecule has 1 aliphatic rings. The topological polar surface area (TPSA) is 30.2 Å². The maximum absolute atomic E-state index is 12.4. The molecule has 2 aromatic carbocycles. The molecule has 0 atom stereocenters. The van der Waals surface area contributed by atoms with Gasteiger partial charge in [0, 0.05) is 28.1 Å². The number of allylic oxidation sites excluding steroid dienone is 1. The molecule has 3 aromatic rings. The lowest BCUT2D eigenvalue weighted by atomic mass is 10.1. The minimum atomic E-state index is 0.0880. The molecule has 23 heavy (non-hydrogen) atoms. The van der Waals surface area contributed by atoms with E-state index in [9.17, 15) is 4.79 Å². The van der Waals surface area contributed by atoms with Crippen molar-refractivity contribution in [2.24, 2.45) is 0 Å². The van der Waals surface area contributed by atoms with Gasteiger partial charge in [-0.25, -0.2) is 0 Å². The monoisotopic (exact) mass is 320 g/mol. The third-order valence-corrected chi connectivity index (χ3v) is 4.26. The Balaban J connectivity index is 1.64. The zero-order valence-corrected chi connectivity index (χ0v) is 13.0. The molecule has 0 saturated carbocycles. The number of furan rings is 1. The van der Waals surface area contributed by atoms with Gasteiger partial charge in [-0.15, -0.1) is 0 Å². The Kier molecular flexibility index (Phi) is 3.40. The third-order valence-electron chi connectivity index (χ3n) is 4.01. The highest BCUT2D eigenvalue weighted by atomic mass is 35.5. The number of Topliss-reactive ketones (excluding diaryl/α,β-unsaturated/α-hetero) is 1. The summed E-state index contributed by atoms with van der Waals surface area (Å²) in [7, 11) is 0. The Hall–Kier alpha value is -2.58. The number of hydrogen-bond donors (Lipinski definition) is 0. The maximum atomic E-state index is 12.4. The highest BCUT2D eigenvalue weighted by Gasteiger charge is 2.24. The van der Waals surface area contributed by atoms with Crippen LogP contribution in [0.3, 0.4) is 0 Å². The normalized spacial score (nSPS) is 15.2. The van der Waals surface area contributed by atoms with Crippen LogP contribution in [-0.4, -0.2) is 5.78 Å². The Morgan fingerprint density at radius 1 is 0.957 bits per heavy atom. The van der Waals surface area contributed by atoms with Crippen molar-refractivity contribution in [1.29, 1.82) is 0 Å². The lowest BCUT2D eigenvalue weighted by Gasteiger charge is -1.97. The molecule has 0 amide bonds. The Bertz CT molecular complexity index is 917. The average Bonchev–Trinajstić information content (AvgIpc) is 3.15. The summed E-state index contributed by atoms with van der Waals surface area (Å²) in [4.78, 5) is 12.4. The molecule has 3 heteroatoms. The first-order valence-corrected chi connectivity index (χ1v) is 7.77. The molecule has 0 unspecified atom stereocenters. The second-order valence-electron chi connectivity index (χ2n) is 5.54. The second-order valence-corrected chi connectivity index (χ2v) is 5.98. The number of carbonyl (C=O) groups is 1. The van der Waals surface area contributed by atoms with Gasteiger partial charge < -0.3 is 4.42 Å². The zero-order valence-electron chi connectivity index (χ0n) is 12.3. The van der Waals surface area contributed by atoms with Gasteiger partial charge in [0.2, 0.25) is 0 Å². The molecule has 1 aliphatic carbocycles. The summed E-state index contributed by atoms with van der Waals surface area (Å²) in [5, 5.41) is 0.692. The van der Waals surface area contributed by atoms with Gasteiger partial charge in [0.1, 0.15) is 11.5 Å². The molecule has 4 rings (SSSR count). The van der Waals surface area contributed by atoms with E-state index in [2.05, 4.69) is 0 Å². The predicted octanol–water partition coefficient (Wildman–Crippen LogP) is 5.42. The van der Waals surface area contributed by atoms with Gasteiger partial charge in [-0.2, -0.15) is 0 Å². The van der Waals surface area contributed by atoms with E-state index < -0.39 is 0 Å². The van der Waals surface area contributed by atoms with Gasteiger partial charge in [0.25, 0.3) is 0 Å². The quantitative estimate of drug-likeness (QED) is 0.590. The lowest BCUT2D eigenvalue weighted by molar-refractivity contribution is 0.104. The van der Waals surface area contributed by atoms with Crippen LogP contribution in [0.1, 0.15) is 21.7 Å². The number of halogens is 1. The molecule has 112 valence electrons. The van der Waals surface area contributed by atoms with E-state index in [0.717, 1.165) is 28.0 Å². The predicted molar refractivity (Wildman–Crippen MR) is 91.6 cm³/mol. The average molecular weight is 321 g/mol. The fraction of sp³-hybridized carbons (Fsp3) is 0.0500. The van der Waals surface area contributed by atoms with Crippen molar-refractivity contribution in [3.8, 4) is 11.3 Å². The Morgan fingerprint density at radius 3 is 2.52 bits per heavy atom. The van der Waals surface area contributed by atoms with Crippen molar-refractivity contribution < 1.29 is 9.21 Å². The molecule has 0 fully saturated rings. The van der Waals surface area contributed by atoms with Gasteiger partial charge >= 0.3 is 0 Å². The molecule has 1 heterocycles. The van der Waals surface area contributed by atoms with Crippen molar-refractivity contribution in [2.45, 2.75) is 6.42 Å². The van der Waals surface area contributed by atoms with E-state index in [0.29, 0.717) is 17.2 Å². The van der Waals surface area contributed by atoms with Gasteiger partial charge in [-0.05, 0) is 48.0 Å². The largest absolute Gasteiger partial charge is 0.457 e. The molecular weight excluding hydrogens is 308 g/mol. The number of ketones is 1. The summed E-state index contributed by atoms with van der Waals surface area (Å²) < 4.78 is 5.85. The van der Waals surface area contributed by atoms with E-state index in [-0.39, 0.29) is 5.78 Å². The first-order chi connectivity index (χ1) is 11.2. The van der Waals surface area contributed by atoms with Gasteiger partial charge in [-0.1, -0.05) is 35.9 Å². The number of hydrogen-bond acceptors (Lipinski definition) is 2. The minimum absolute atomic E-state index is 0.0880. The number of rotatable bonds is 2. The molecule has 0 spiro atoms. The van der Waals surface area contributed by atoms with Crippen LogP contribution in [0.2, 0.25) is 5.02 Å². The van der Waals surface area contributed by atoms with Crippen molar-refractivity contribution >= 4 is 23.5 Å². The van der Waals surface area contributed by atoms with E-state index >= 15 is 0 Å². The third kappa shape index (κ3) is 2.62. The van der Waals surface area contributed by atoms with Crippen LogP contribution >= 0.6 is 11.6 Å². The van der Waals surface area contributed by atoms with Crippen molar-refractivity contribution in [1.82, 2.24) is 0 Å². The van der Waals surface area contributed by atoms with Crippen molar-refractivity contribution in [2.75, 3.05) is 0 Å². The summed E-state index contributed by atoms with van der Waals surface area (Å²) >= 11 is 5.90. The molecule has 0 saturated heterocycles. The SMILES string of the molecule is O=C1C(=Cc2ccc(-c3ccc(Cl)cc3)o2)Cc2ccccc21. The molecule has 2 nitrogen and oxygen atoms in total. The van der Waals surface area contributed by atoms with Gasteiger partial charge in [-0.3, -0.25) is 4.79 Å². The van der Waals surface area contributed by atoms with E-state index in [4.69, 9.17) is 16.0 Å². The van der Waals surface area contributed by atoms with Crippen LogP contribution in [0, 0.1) is 0 Å². The van der Waals surface area contributed by atoms with Crippen molar-refractivity contribution in [3.63, 3.8) is 0 Å². The molecule has 0 radical (unpaired) electrons. The number of benzene rings is 2. The first kappa shape index (κ1) is 14.0. The van der Waals surface area contributed by atoms with Crippen LogP contribution in [0.5, 0.6) is 0 Å². The number of fused-ring (bicyclic) bond motifs is 1. The van der Waals surface area contributed by atoms with Crippen LogP contribution in [0.25, 0.3) is 17.4 Å². The molecule has 0 N–H and O–H groups in total. The molecule has 0 aliphatic heterocycles. The lowest BCUT2D eigenvalue weighted by Crippen LogP contribution is -1.94. The summed E-state index contributed by atoms with van der Waals surface area (Å²) in [6.45, 7) is 0. The zero-order chi connectivity index (χ0) is 15.8. The first-order valence-electron chi connectivity index (χ1n) is 7.40. The van der Waals surface area contributed by atoms with Crippen molar-refractivity contribution in [3.05, 3.63) is 88.1 Å². The highest BCUT2D eigenvalue weighted by molar-refractivity contribution is 6.30. The summed E-state index contributed by atoms with van der Waals surface area (Å²) in [5.41, 5.74) is 3.60. The smallest absolute Gasteiger partial charge is 0.189 e. The van der Waals surface area contributed by atoms with Gasteiger partial charge in [0.05, 0.1) is 0 Å². The summed E-state index contributed by atoms with van der Waals surface area (Å²) in [5.74, 6) is 1.53. The molecule has 0 bridgehead atoms. The van der Waals surface area contributed by atoms with Crippen LogP contribution in [0.4, 0.5) is 0 Å². The van der Waals surface area contributed by atoms with E-state index in [1.807, 2.05) is 66.7 Å². The fourth-order valence-corrected chi connectivity index (χ4v) is 2.97. The second kappa shape index (κ2) is 5.56. The number of carbonyl (C=O) groups excluding carboxylic acids is 1. The highest BCUT2D eigenvalue weighted by Crippen LogP contribution is 2.29. The summed E-state index contributed by atoms with van der Waals surface area (Å²) in [6.07, 6.45) is 2.49. The van der Waals surface area contributed by atoms with Crippen LogP contribution in [0.15, 0.2) is 70.7 Å². The summed E-state index contributed by atoms with van der Waals surface area (Å²) in [6, 6.07) is 19.0. The maximum Gasteiger partial charge on any atom is 0.189 e. The van der Waals surface area contributed by atoms with Gasteiger partial charge in [0.15, 0.2) is 5.78 Å².